The highest BCUT2D eigenvalue weighted by atomic mass is 19.4. The summed E-state index contributed by atoms with van der Waals surface area (Å²) in [6, 6.07) is 0.470. The van der Waals surface area contributed by atoms with Gasteiger partial charge in [0.25, 0.3) is 0 Å². The molecule has 9 heteroatoms. The first-order valence-electron chi connectivity index (χ1n) is 4.73. The van der Waals surface area contributed by atoms with Crippen LogP contribution in [0, 0.1) is 17.0 Å². The second-order valence-electron chi connectivity index (χ2n) is 3.43. The van der Waals surface area contributed by atoms with E-state index in [1.165, 1.54) is 0 Å². The zero-order valence-electron chi connectivity index (χ0n) is 9.11. The third kappa shape index (κ3) is 3.39. The minimum atomic E-state index is -4.68. The Balaban J connectivity index is 3.32. The summed E-state index contributed by atoms with van der Waals surface area (Å²) in [7, 11) is 0. The SMILES string of the molecule is N=Cc1cc(F)c(C(=O)O)c(F)c1NCC(F)(F)F. The molecular weight excluding hydrogens is 275 g/mol. The van der Waals surface area contributed by atoms with Gasteiger partial charge in [0.05, 0.1) is 5.69 Å². The van der Waals surface area contributed by atoms with Gasteiger partial charge in [0.2, 0.25) is 0 Å². The van der Waals surface area contributed by atoms with Gasteiger partial charge in [0.1, 0.15) is 17.9 Å². The van der Waals surface area contributed by atoms with Crippen LogP contribution in [0.15, 0.2) is 6.07 Å². The summed E-state index contributed by atoms with van der Waals surface area (Å²) in [5, 5.41) is 17.1. The number of nitrogens with one attached hydrogen (secondary N) is 2. The summed E-state index contributed by atoms with van der Waals surface area (Å²) in [4.78, 5) is 10.6. The molecule has 1 aromatic rings. The Morgan fingerprint density at radius 1 is 1.42 bits per heavy atom. The highest BCUT2D eigenvalue weighted by Crippen LogP contribution is 2.26. The lowest BCUT2D eigenvalue weighted by Gasteiger charge is -2.14. The lowest BCUT2D eigenvalue weighted by Crippen LogP contribution is -2.23. The Bertz CT molecular complexity index is 528. The Hall–Kier alpha value is -2.19. The van der Waals surface area contributed by atoms with Gasteiger partial charge in [-0.3, -0.25) is 0 Å². The number of carboxylic acid groups (broad SMARTS) is 1. The maximum Gasteiger partial charge on any atom is 0.405 e. The predicted molar refractivity (Wildman–Crippen MR) is 55.7 cm³/mol. The van der Waals surface area contributed by atoms with Crippen LogP contribution in [0.2, 0.25) is 0 Å². The molecule has 0 fully saturated rings. The van der Waals surface area contributed by atoms with Crippen LogP contribution in [0.5, 0.6) is 0 Å². The third-order valence-corrected chi connectivity index (χ3v) is 2.08. The van der Waals surface area contributed by atoms with Crippen molar-refractivity contribution in [3.8, 4) is 0 Å². The van der Waals surface area contributed by atoms with Gasteiger partial charge in [-0.2, -0.15) is 13.2 Å². The molecule has 0 aliphatic carbocycles. The monoisotopic (exact) mass is 282 g/mol. The summed E-state index contributed by atoms with van der Waals surface area (Å²) in [6.07, 6.45) is -4.26. The minimum absolute atomic E-state index is 0.413. The molecule has 0 amide bonds. The van der Waals surface area contributed by atoms with E-state index in [0.717, 1.165) is 0 Å². The van der Waals surface area contributed by atoms with Crippen molar-refractivity contribution in [3.63, 3.8) is 0 Å². The zero-order valence-corrected chi connectivity index (χ0v) is 9.11. The summed E-state index contributed by atoms with van der Waals surface area (Å²) < 4.78 is 62.9. The highest BCUT2D eigenvalue weighted by Gasteiger charge is 2.29. The number of carboxylic acids is 1. The molecule has 0 unspecified atom stereocenters. The molecule has 3 N–H and O–H groups in total. The Morgan fingerprint density at radius 3 is 2.42 bits per heavy atom. The molecule has 0 heterocycles. The summed E-state index contributed by atoms with van der Waals surface area (Å²) in [5.74, 6) is -5.11. The molecule has 0 atom stereocenters. The molecule has 0 aromatic heterocycles. The van der Waals surface area contributed by atoms with Crippen LogP contribution in [0.4, 0.5) is 27.6 Å². The molecular formula is C10H7F5N2O2. The normalized spacial score (nSPS) is 11.2. The molecule has 0 aliphatic heterocycles. The summed E-state index contributed by atoms with van der Waals surface area (Å²) >= 11 is 0. The highest BCUT2D eigenvalue weighted by molar-refractivity contribution is 5.94. The number of hydrogen-bond donors (Lipinski definition) is 3. The average molecular weight is 282 g/mol. The minimum Gasteiger partial charge on any atom is -0.477 e. The van der Waals surface area contributed by atoms with E-state index in [9.17, 15) is 26.7 Å². The number of alkyl halides is 3. The van der Waals surface area contributed by atoms with E-state index in [1.54, 1.807) is 5.32 Å². The Kier molecular flexibility index (Phi) is 4.07. The van der Waals surface area contributed by atoms with Gasteiger partial charge >= 0.3 is 12.1 Å². The lowest BCUT2D eigenvalue weighted by molar-refractivity contribution is -0.115. The van der Waals surface area contributed by atoms with E-state index < -0.39 is 47.1 Å². The van der Waals surface area contributed by atoms with Gasteiger partial charge in [0, 0.05) is 11.8 Å². The molecule has 0 saturated carbocycles. The second kappa shape index (κ2) is 5.21. The van der Waals surface area contributed by atoms with E-state index in [1.807, 2.05) is 0 Å². The van der Waals surface area contributed by atoms with E-state index in [4.69, 9.17) is 10.5 Å². The van der Waals surface area contributed by atoms with Gasteiger partial charge in [-0.1, -0.05) is 0 Å². The van der Waals surface area contributed by atoms with Crippen LogP contribution >= 0.6 is 0 Å². The number of benzene rings is 1. The fourth-order valence-corrected chi connectivity index (χ4v) is 1.32. The smallest absolute Gasteiger partial charge is 0.405 e. The molecule has 104 valence electrons. The molecule has 0 spiro atoms. The average Bonchev–Trinajstić information content (AvgIpc) is 2.25. The predicted octanol–water partition coefficient (Wildman–Crippen LogP) is 2.63. The zero-order chi connectivity index (χ0) is 14.8. The number of hydrogen-bond acceptors (Lipinski definition) is 3. The Morgan fingerprint density at radius 2 is 2.00 bits per heavy atom. The fraction of sp³-hybridized carbons (Fsp3) is 0.200. The van der Waals surface area contributed by atoms with Crippen molar-refractivity contribution in [2.45, 2.75) is 6.18 Å². The van der Waals surface area contributed by atoms with E-state index >= 15 is 0 Å². The molecule has 1 rings (SSSR count). The largest absolute Gasteiger partial charge is 0.477 e. The van der Waals surface area contributed by atoms with Crippen molar-refractivity contribution in [2.24, 2.45) is 0 Å². The maximum atomic E-state index is 13.7. The van der Waals surface area contributed by atoms with Gasteiger partial charge in [0.15, 0.2) is 5.82 Å². The van der Waals surface area contributed by atoms with E-state index in [-0.39, 0.29) is 0 Å². The summed E-state index contributed by atoms with van der Waals surface area (Å²) in [6.45, 7) is -1.64. The quantitative estimate of drug-likeness (QED) is 0.587. The molecule has 1 aromatic carbocycles. The fourth-order valence-electron chi connectivity index (χ4n) is 1.32. The number of anilines is 1. The van der Waals surface area contributed by atoms with Crippen LogP contribution in [-0.2, 0) is 0 Å². The number of halogens is 5. The van der Waals surface area contributed by atoms with Gasteiger partial charge in [-0.05, 0) is 6.07 Å². The van der Waals surface area contributed by atoms with Crippen LogP contribution in [0.1, 0.15) is 15.9 Å². The van der Waals surface area contributed by atoms with Crippen molar-refractivity contribution in [1.82, 2.24) is 0 Å². The van der Waals surface area contributed by atoms with Crippen molar-refractivity contribution in [2.75, 3.05) is 11.9 Å². The molecule has 0 saturated heterocycles. The van der Waals surface area contributed by atoms with Crippen molar-refractivity contribution >= 4 is 17.9 Å². The van der Waals surface area contributed by atoms with Gasteiger partial charge < -0.3 is 15.8 Å². The molecule has 0 radical (unpaired) electrons. The van der Waals surface area contributed by atoms with Crippen LogP contribution in [0.3, 0.4) is 0 Å². The van der Waals surface area contributed by atoms with E-state index in [0.29, 0.717) is 12.3 Å². The Labute approximate surface area is 103 Å². The maximum absolute atomic E-state index is 13.7. The van der Waals surface area contributed by atoms with Crippen LogP contribution in [-0.4, -0.2) is 30.0 Å². The first kappa shape index (κ1) is 14.9. The molecule has 0 aliphatic rings. The van der Waals surface area contributed by atoms with Crippen molar-refractivity contribution in [3.05, 3.63) is 28.8 Å². The molecule has 4 nitrogen and oxygen atoms in total. The number of aromatic carboxylic acids is 1. The first-order chi connectivity index (χ1) is 8.67. The van der Waals surface area contributed by atoms with E-state index in [2.05, 4.69) is 0 Å². The second-order valence-corrected chi connectivity index (χ2v) is 3.43. The number of rotatable bonds is 4. The van der Waals surface area contributed by atoms with Gasteiger partial charge in [-0.15, -0.1) is 0 Å². The van der Waals surface area contributed by atoms with Crippen molar-refractivity contribution < 1.29 is 31.9 Å². The molecule has 19 heavy (non-hydrogen) atoms. The van der Waals surface area contributed by atoms with Gasteiger partial charge in [-0.25, -0.2) is 13.6 Å². The standard InChI is InChI=1S/C10H7F5N2O2/c11-5-1-4(2-16)8(17-3-10(13,14)15)7(12)6(5)9(18)19/h1-2,16-17H,3H2,(H,18,19). The topological polar surface area (TPSA) is 73.2 Å². The van der Waals surface area contributed by atoms with Crippen LogP contribution < -0.4 is 5.32 Å². The lowest BCUT2D eigenvalue weighted by atomic mass is 10.1. The summed E-state index contributed by atoms with van der Waals surface area (Å²) in [5.41, 5.74) is -2.79. The molecule has 0 bridgehead atoms. The van der Waals surface area contributed by atoms with Crippen LogP contribution in [0.25, 0.3) is 0 Å². The first-order valence-corrected chi connectivity index (χ1v) is 4.73. The number of carbonyl (C=O) groups is 1. The van der Waals surface area contributed by atoms with Crippen molar-refractivity contribution in [1.29, 1.82) is 5.41 Å². The third-order valence-electron chi connectivity index (χ3n) is 2.08.